The Labute approximate surface area is 126 Å². The zero-order valence-electron chi connectivity index (χ0n) is 10.3. The number of benzene rings is 2. The second kappa shape index (κ2) is 6.47. The summed E-state index contributed by atoms with van der Waals surface area (Å²) in [6.07, 6.45) is 0.527. The Balaban J connectivity index is 2.15. The Morgan fingerprint density at radius 1 is 1.00 bits per heavy atom. The third-order valence-electron chi connectivity index (χ3n) is 2.62. The summed E-state index contributed by atoms with van der Waals surface area (Å²) in [6.45, 7) is 1.86. The van der Waals surface area contributed by atoms with Crippen LogP contribution >= 0.6 is 35.0 Å². The van der Waals surface area contributed by atoms with Gasteiger partial charge in [-0.15, -0.1) is 0 Å². The molecule has 0 aliphatic carbocycles. The van der Waals surface area contributed by atoms with Gasteiger partial charge in [-0.25, -0.2) is 0 Å². The molecular formula is C15H12Cl2OS. The first-order valence-electron chi connectivity index (χ1n) is 5.86. The molecule has 0 unspecified atom stereocenters. The van der Waals surface area contributed by atoms with Gasteiger partial charge in [0.05, 0.1) is 10.0 Å². The second-order valence-corrected chi connectivity index (χ2v) is 5.94. The quantitative estimate of drug-likeness (QED) is 0.670. The Morgan fingerprint density at radius 2 is 1.63 bits per heavy atom. The van der Waals surface area contributed by atoms with Crippen molar-refractivity contribution in [1.82, 2.24) is 0 Å². The molecule has 4 heteroatoms. The summed E-state index contributed by atoms with van der Waals surface area (Å²) >= 11 is 13.4. The molecule has 19 heavy (non-hydrogen) atoms. The molecule has 0 spiro atoms. The van der Waals surface area contributed by atoms with Gasteiger partial charge in [0.2, 0.25) is 0 Å². The van der Waals surface area contributed by atoms with Gasteiger partial charge >= 0.3 is 0 Å². The van der Waals surface area contributed by atoms with E-state index >= 15 is 0 Å². The van der Waals surface area contributed by atoms with E-state index in [9.17, 15) is 4.79 Å². The van der Waals surface area contributed by atoms with E-state index in [2.05, 4.69) is 0 Å². The smallest absolute Gasteiger partial charge is 0.162 e. The molecule has 0 atom stereocenters. The number of rotatable bonds is 4. The molecule has 0 amide bonds. The molecular weight excluding hydrogens is 299 g/mol. The van der Waals surface area contributed by atoms with Crippen LogP contribution in [0.25, 0.3) is 0 Å². The van der Waals surface area contributed by atoms with Gasteiger partial charge in [-0.05, 0) is 30.3 Å². The Hall–Kier alpha value is -0.960. The number of Topliss-reactive ketones (excluding diaryl/α,β-unsaturated/α-hetero) is 1. The minimum atomic E-state index is 0.158. The average Bonchev–Trinajstić information content (AvgIpc) is 2.43. The van der Waals surface area contributed by atoms with Gasteiger partial charge in [0.1, 0.15) is 0 Å². The predicted molar refractivity (Wildman–Crippen MR) is 81.6 cm³/mol. The lowest BCUT2D eigenvalue weighted by molar-refractivity contribution is 0.0988. The van der Waals surface area contributed by atoms with Crippen LogP contribution in [-0.4, -0.2) is 5.78 Å². The maximum atomic E-state index is 11.5. The zero-order chi connectivity index (χ0) is 13.8. The normalized spacial score (nSPS) is 10.5. The highest BCUT2D eigenvalue weighted by molar-refractivity contribution is 7.99. The van der Waals surface area contributed by atoms with Crippen LogP contribution in [0.15, 0.2) is 52.3 Å². The summed E-state index contributed by atoms with van der Waals surface area (Å²) in [4.78, 5) is 13.6. The molecule has 0 aliphatic heterocycles. The summed E-state index contributed by atoms with van der Waals surface area (Å²) < 4.78 is 0. The Morgan fingerprint density at radius 3 is 2.21 bits per heavy atom. The molecule has 0 saturated carbocycles. The topological polar surface area (TPSA) is 17.1 Å². The maximum Gasteiger partial charge on any atom is 0.162 e. The summed E-state index contributed by atoms with van der Waals surface area (Å²) in [6, 6.07) is 13.1. The van der Waals surface area contributed by atoms with E-state index in [0.717, 1.165) is 15.4 Å². The summed E-state index contributed by atoms with van der Waals surface area (Å²) in [5, 5.41) is 1.10. The number of ketones is 1. The van der Waals surface area contributed by atoms with E-state index in [1.807, 2.05) is 43.3 Å². The maximum absolute atomic E-state index is 11.5. The van der Waals surface area contributed by atoms with Crippen LogP contribution in [0.4, 0.5) is 0 Å². The highest BCUT2D eigenvalue weighted by atomic mass is 35.5. The predicted octanol–water partition coefficient (Wildman–Crippen LogP) is 5.74. The van der Waals surface area contributed by atoms with E-state index < -0.39 is 0 Å². The number of hydrogen-bond acceptors (Lipinski definition) is 2. The van der Waals surface area contributed by atoms with E-state index in [1.54, 1.807) is 17.8 Å². The summed E-state index contributed by atoms with van der Waals surface area (Å²) in [5.41, 5.74) is 0.751. The van der Waals surface area contributed by atoms with Crippen LogP contribution in [0.3, 0.4) is 0 Å². The van der Waals surface area contributed by atoms with Crippen molar-refractivity contribution in [3.8, 4) is 0 Å². The van der Waals surface area contributed by atoms with Crippen LogP contribution < -0.4 is 0 Å². The fraction of sp³-hybridized carbons (Fsp3) is 0.133. The molecule has 0 radical (unpaired) electrons. The lowest BCUT2D eigenvalue weighted by Gasteiger charge is -2.04. The third kappa shape index (κ3) is 3.75. The fourth-order valence-electron chi connectivity index (χ4n) is 1.59. The molecule has 1 nitrogen and oxygen atoms in total. The number of carbonyl (C=O) groups is 1. The van der Waals surface area contributed by atoms with Crippen LogP contribution in [-0.2, 0) is 0 Å². The Kier molecular flexibility index (Phi) is 4.92. The Bertz CT molecular complexity index is 594. The molecule has 0 saturated heterocycles. The average molecular weight is 311 g/mol. The van der Waals surface area contributed by atoms with Gasteiger partial charge in [0.15, 0.2) is 5.78 Å². The monoisotopic (exact) mass is 310 g/mol. The lowest BCUT2D eigenvalue weighted by Crippen LogP contribution is -1.95. The van der Waals surface area contributed by atoms with Crippen molar-refractivity contribution in [1.29, 1.82) is 0 Å². The molecule has 2 aromatic carbocycles. The molecule has 0 N–H and O–H groups in total. The van der Waals surface area contributed by atoms with E-state index in [1.165, 1.54) is 0 Å². The van der Waals surface area contributed by atoms with Gasteiger partial charge in [-0.3, -0.25) is 4.79 Å². The molecule has 98 valence electrons. The minimum absolute atomic E-state index is 0.158. The van der Waals surface area contributed by atoms with Gasteiger partial charge < -0.3 is 0 Å². The van der Waals surface area contributed by atoms with Crippen molar-refractivity contribution < 1.29 is 4.79 Å². The van der Waals surface area contributed by atoms with Gasteiger partial charge in [0.25, 0.3) is 0 Å². The van der Waals surface area contributed by atoms with Crippen LogP contribution in [0.5, 0.6) is 0 Å². The number of halogens is 2. The zero-order valence-corrected chi connectivity index (χ0v) is 12.6. The molecule has 0 bridgehead atoms. The van der Waals surface area contributed by atoms with Gasteiger partial charge in [-0.2, -0.15) is 0 Å². The molecule has 0 heterocycles. The first-order valence-corrected chi connectivity index (χ1v) is 7.43. The first kappa shape index (κ1) is 14.4. The lowest BCUT2D eigenvalue weighted by atomic mass is 10.1. The van der Waals surface area contributed by atoms with Crippen molar-refractivity contribution >= 4 is 40.7 Å². The largest absolute Gasteiger partial charge is 0.294 e. The van der Waals surface area contributed by atoms with E-state index in [-0.39, 0.29) is 5.78 Å². The third-order valence-corrected chi connectivity index (χ3v) is 4.36. The van der Waals surface area contributed by atoms with Crippen LogP contribution in [0.2, 0.25) is 10.0 Å². The standard InChI is InChI=1S/C15H12Cl2OS/c1-2-15(18)10-3-5-11(6-4-10)19-12-7-8-13(16)14(17)9-12/h3-9H,2H2,1H3. The highest BCUT2D eigenvalue weighted by Crippen LogP contribution is 2.32. The fourth-order valence-corrected chi connectivity index (χ4v) is 2.81. The van der Waals surface area contributed by atoms with Crippen molar-refractivity contribution in [3.05, 3.63) is 58.1 Å². The first-order chi connectivity index (χ1) is 9.10. The summed E-state index contributed by atoms with van der Waals surface area (Å²) in [5.74, 6) is 0.158. The molecule has 2 aromatic rings. The number of hydrogen-bond donors (Lipinski definition) is 0. The number of carbonyl (C=O) groups excluding carboxylic acids is 1. The molecule has 0 aromatic heterocycles. The van der Waals surface area contributed by atoms with Crippen molar-refractivity contribution in [2.24, 2.45) is 0 Å². The van der Waals surface area contributed by atoms with Crippen molar-refractivity contribution in [3.63, 3.8) is 0 Å². The van der Waals surface area contributed by atoms with Crippen molar-refractivity contribution in [2.45, 2.75) is 23.1 Å². The highest BCUT2D eigenvalue weighted by Gasteiger charge is 2.04. The van der Waals surface area contributed by atoms with Crippen LogP contribution in [0.1, 0.15) is 23.7 Å². The minimum Gasteiger partial charge on any atom is -0.294 e. The molecule has 2 rings (SSSR count). The second-order valence-electron chi connectivity index (χ2n) is 3.98. The molecule has 0 fully saturated rings. The van der Waals surface area contributed by atoms with E-state index in [4.69, 9.17) is 23.2 Å². The van der Waals surface area contributed by atoms with E-state index in [0.29, 0.717) is 16.5 Å². The summed E-state index contributed by atoms with van der Waals surface area (Å²) in [7, 11) is 0. The van der Waals surface area contributed by atoms with Gasteiger partial charge in [-0.1, -0.05) is 54.0 Å². The van der Waals surface area contributed by atoms with Gasteiger partial charge in [0, 0.05) is 21.8 Å². The van der Waals surface area contributed by atoms with Crippen molar-refractivity contribution in [2.75, 3.05) is 0 Å². The SMILES string of the molecule is CCC(=O)c1ccc(Sc2ccc(Cl)c(Cl)c2)cc1. The molecule has 0 aliphatic rings. The van der Waals surface area contributed by atoms with Crippen LogP contribution in [0, 0.1) is 0 Å².